The summed E-state index contributed by atoms with van der Waals surface area (Å²) >= 11 is 1.09. The molecule has 0 saturated carbocycles. The van der Waals surface area contributed by atoms with Gasteiger partial charge in [-0.15, -0.1) is 0 Å². The fraction of sp³-hybridized carbons (Fsp3) is 0.263. The zero-order chi connectivity index (χ0) is 20.9. The SMILES string of the molecule is CC(C)NS(=O)(=O)c1cccc(C(=O)Nc2ccc(SC(=O)N(C)C)cc2)c1. The van der Waals surface area contributed by atoms with Crippen molar-refractivity contribution in [1.29, 1.82) is 0 Å². The number of hydrogen-bond acceptors (Lipinski definition) is 5. The lowest BCUT2D eigenvalue weighted by Crippen LogP contribution is -2.30. The van der Waals surface area contributed by atoms with E-state index in [1.165, 1.54) is 23.1 Å². The molecule has 7 nitrogen and oxygen atoms in total. The number of hydrogen-bond donors (Lipinski definition) is 2. The standard InChI is InChI=1S/C19H23N3O4S2/c1-13(2)21-28(25,26)17-7-5-6-14(12-17)18(23)20-15-8-10-16(11-9-15)27-19(24)22(3)4/h5-13,21H,1-4H3,(H,20,23). The summed E-state index contributed by atoms with van der Waals surface area (Å²) in [6.07, 6.45) is 0. The van der Waals surface area contributed by atoms with E-state index in [2.05, 4.69) is 10.0 Å². The second-order valence-electron chi connectivity index (χ2n) is 6.54. The molecule has 2 aromatic carbocycles. The second-order valence-corrected chi connectivity index (χ2v) is 9.28. The summed E-state index contributed by atoms with van der Waals surface area (Å²) in [5, 5.41) is 2.63. The van der Waals surface area contributed by atoms with E-state index in [0.717, 1.165) is 16.7 Å². The molecular weight excluding hydrogens is 398 g/mol. The molecule has 0 unspecified atom stereocenters. The minimum atomic E-state index is -3.68. The Morgan fingerprint density at radius 2 is 1.68 bits per heavy atom. The average molecular weight is 422 g/mol. The molecule has 0 aliphatic heterocycles. The third kappa shape index (κ3) is 6.08. The normalized spacial score (nSPS) is 11.3. The molecule has 0 saturated heterocycles. The van der Waals surface area contributed by atoms with Crippen LogP contribution in [-0.4, -0.2) is 44.6 Å². The van der Waals surface area contributed by atoms with Crippen molar-refractivity contribution in [2.45, 2.75) is 29.7 Å². The number of anilines is 1. The molecule has 2 rings (SSSR count). The van der Waals surface area contributed by atoms with Gasteiger partial charge < -0.3 is 10.2 Å². The van der Waals surface area contributed by atoms with Crippen LogP contribution in [0.1, 0.15) is 24.2 Å². The Morgan fingerprint density at radius 3 is 2.25 bits per heavy atom. The Labute approximate surface area is 169 Å². The number of benzene rings is 2. The van der Waals surface area contributed by atoms with Gasteiger partial charge in [0.1, 0.15) is 0 Å². The van der Waals surface area contributed by atoms with Gasteiger partial charge in [0.15, 0.2) is 0 Å². The number of amides is 2. The summed E-state index contributed by atoms with van der Waals surface area (Å²) in [5.41, 5.74) is 0.771. The molecule has 150 valence electrons. The summed E-state index contributed by atoms with van der Waals surface area (Å²) in [5.74, 6) is -0.425. The molecular formula is C19H23N3O4S2. The number of sulfonamides is 1. The average Bonchev–Trinajstić information content (AvgIpc) is 2.62. The van der Waals surface area contributed by atoms with Crippen molar-refractivity contribution in [1.82, 2.24) is 9.62 Å². The molecule has 0 fully saturated rings. The van der Waals surface area contributed by atoms with E-state index in [1.807, 2.05) is 0 Å². The summed E-state index contributed by atoms with van der Waals surface area (Å²) in [4.78, 5) is 26.4. The largest absolute Gasteiger partial charge is 0.339 e. The Bertz CT molecular complexity index is 955. The predicted octanol–water partition coefficient (Wildman–Crippen LogP) is 3.40. The maximum absolute atomic E-state index is 12.5. The van der Waals surface area contributed by atoms with Crippen LogP contribution in [0, 0.1) is 0 Å². The molecule has 2 N–H and O–H groups in total. The molecule has 9 heteroatoms. The van der Waals surface area contributed by atoms with E-state index < -0.39 is 15.9 Å². The van der Waals surface area contributed by atoms with Crippen LogP contribution in [0.4, 0.5) is 10.5 Å². The highest BCUT2D eigenvalue weighted by molar-refractivity contribution is 8.13. The van der Waals surface area contributed by atoms with Gasteiger partial charge >= 0.3 is 0 Å². The van der Waals surface area contributed by atoms with E-state index in [4.69, 9.17) is 0 Å². The zero-order valence-corrected chi connectivity index (χ0v) is 17.7. The Kier molecular flexibility index (Phi) is 7.22. The van der Waals surface area contributed by atoms with Crippen molar-refractivity contribution in [2.24, 2.45) is 0 Å². The van der Waals surface area contributed by atoms with Crippen molar-refractivity contribution in [3.8, 4) is 0 Å². The van der Waals surface area contributed by atoms with Crippen molar-refractivity contribution in [2.75, 3.05) is 19.4 Å². The van der Waals surface area contributed by atoms with Crippen LogP contribution < -0.4 is 10.0 Å². The minimum absolute atomic E-state index is 0.0304. The summed E-state index contributed by atoms with van der Waals surface area (Å²) in [7, 11) is -0.330. The number of carbonyl (C=O) groups is 2. The molecule has 0 heterocycles. The van der Waals surface area contributed by atoms with Gasteiger partial charge in [0.2, 0.25) is 10.0 Å². The van der Waals surface area contributed by atoms with Crippen LogP contribution in [0.2, 0.25) is 0 Å². The maximum atomic E-state index is 12.5. The van der Waals surface area contributed by atoms with Crippen LogP contribution in [0.3, 0.4) is 0 Å². The number of nitrogens with one attached hydrogen (secondary N) is 2. The number of thioether (sulfide) groups is 1. The number of rotatable bonds is 6. The Morgan fingerprint density at radius 1 is 1.04 bits per heavy atom. The first-order valence-electron chi connectivity index (χ1n) is 8.51. The molecule has 0 atom stereocenters. The van der Waals surface area contributed by atoms with E-state index in [1.54, 1.807) is 58.3 Å². The van der Waals surface area contributed by atoms with E-state index in [0.29, 0.717) is 5.69 Å². The minimum Gasteiger partial charge on any atom is -0.339 e. The van der Waals surface area contributed by atoms with Crippen LogP contribution in [-0.2, 0) is 10.0 Å². The highest BCUT2D eigenvalue weighted by Gasteiger charge is 2.17. The molecule has 0 radical (unpaired) electrons. The monoisotopic (exact) mass is 421 g/mol. The van der Waals surface area contributed by atoms with Gasteiger partial charge in [-0.2, -0.15) is 0 Å². The first-order valence-corrected chi connectivity index (χ1v) is 10.8. The van der Waals surface area contributed by atoms with E-state index in [-0.39, 0.29) is 21.7 Å². The van der Waals surface area contributed by atoms with Crippen molar-refractivity contribution < 1.29 is 18.0 Å². The van der Waals surface area contributed by atoms with E-state index >= 15 is 0 Å². The van der Waals surface area contributed by atoms with Gasteiger partial charge in [0.25, 0.3) is 11.1 Å². The molecule has 0 bridgehead atoms. The number of carbonyl (C=O) groups excluding carboxylic acids is 2. The van der Waals surface area contributed by atoms with Gasteiger partial charge in [-0.25, -0.2) is 13.1 Å². The maximum Gasteiger partial charge on any atom is 0.285 e. The smallest absolute Gasteiger partial charge is 0.285 e. The molecule has 2 aromatic rings. The van der Waals surface area contributed by atoms with Crippen LogP contribution in [0.15, 0.2) is 58.3 Å². The summed E-state index contributed by atoms with van der Waals surface area (Å²) in [6, 6.07) is 12.4. The van der Waals surface area contributed by atoms with E-state index in [9.17, 15) is 18.0 Å². The summed E-state index contributed by atoms with van der Waals surface area (Å²) < 4.78 is 27.0. The quantitative estimate of drug-likeness (QED) is 0.697. The highest BCUT2D eigenvalue weighted by atomic mass is 32.2. The first kappa shape index (κ1) is 21.9. The molecule has 0 spiro atoms. The molecule has 28 heavy (non-hydrogen) atoms. The molecule has 0 aromatic heterocycles. The number of nitrogens with zero attached hydrogens (tertiary/aromatic N) is 1. The van der Waals surface area contributed by atoms with Gasteiger partial charge in [-0.1, -0.05) is 6.07 Å². The van der Waals surface area contributed by atoms with Crippen molar-refractivity contribution >= 4 is 38.6 Å². The second kappa shape index (κ2) is 9.22. The first-order chi connectivity index (χ1) is 13.1. The van der Waals surface area contributed by atoms with Crippen molar-refractivity contribution in [3.05, 3.63) is 54.1 Å². The van der Waals surface area contributed by atoms with Gasteiger partial charge in [0.05, 0.1) is 4.90 Å². The highest BCUT2D eigenvalue weighted by Crippen LogP contribution is 2.23. The molecule has 0 aliphatic rings. The molecule has 2 amide bonds. The van der Waals surface area contributed by atoms with Crippen LogP contribution >= 0.6 is 11.8 Å². The lowest BCUT2D eigenvalue weighted by Gasteiger charge is -2.11. The van der Waals surface area contributed by atoms with Gasteiger partial charge in [-0.3, -0.25) is 9.59 Å². The molecule has 0 aliphatic carbocycles. The Hall–Kier alpha value is -2.36. The summed E-state index contributed by atoms with van der Waals surface area (Å²) in [6.45, 7) is 3.45. The topological polar surface area (TPSA) is 95.6 Å². The van der Waals surface area contributed by atoms with Gasteiger partial charge in [-0.05, 0) is 68.1 Å². The lowest BCUT2D eigenvalue weighted by atomic mass is 10.2. The lowest BCUT2D eigenvalue weighted by molar-refractivity contribution is 0.102. The Balaban J connectivity index is 2.11. The predicted molar refractivity (Wildman–Crippen MR) is 111 cm³/mol. The van der Waals surface area contributed by atoms with Crippen LogP contribution in [0.25, 0.3) is 0 Å². The third-order valence-corrected chi connectivity index (χ3v) is 6.18. The fourth-order valence-electron chi connectivity index (χ4n) is 2.18. The van der Waals surface area contributed by atoms with Crippen molar-refractivity contribution in [3.63, 3.8) is 0 Å². The zero-order valence-electron chi connectivity index (χ0n) is 16.1. The van der Waals surface area contributed by atoms with Gasteiger partial charge in [0, 0.05) is 36.3 Å². The fourth-order valence-corrected chi connectivity index (χ4v) is 4.14. The third-order valence-electron chi connectivity index (χ3n) is 3.48. The van der Waals surface area contributed by atoms with Crippen LogP contribution in [0.5, 0.6) is 0 Å².